The number of halogens is 2. The Morgan fingerprint density at radius 1 is 0.450 bits per heavy atom. The number of para-hydroxylation sites is 5. The molecule has 22 heteroatoms. The highest BCUT2D eigenvalue weighted by molar-refractivity contribution is 5.85. The number of aryl methyl sites for hydroxylation is 6. The van der Waals surface area contributed by atoms with Crippen LogP contribution in [0.5, 0.6) is 40.2 Å². The molecular weight excluding hydrogens is 1520 g/mol. The van der Waals surface area contributed by atoms with Crippen LogP contribution < -0.4 is 52.8 Å². The van der Waals surface area contributed by atoms with Gasteiger partial charge in [-0.15, -0.1) is 0 Å². The van der Waals surface area contributed by atoms with Crippen molar-refractivity contribution in [1.82, 2.24) is 14.8 Å². The second kappa shape index (κ2) is 43.5. The lowest BCUT2D eigenvalue weighted by molar-refractivity contribution is -0.120. The summed E-state index contributed by atoms with van der Waals surface area (Å²) >= 11 is 0. The molecule has 2 aromatic heterocycles. The van der Waals surface area contributed by atoms with Gasteiger partial charge in [0, 0.05) is 68.9 Å². The zero-order valence-corrected chi connectivity index (χ0v) is 69.6. The number of hydrogen-bond donors (Lipinski definition) is 0. The lowest BCUT2D eigenvalue weighted by atomic mass is 10.0. The highest BCUT2D eigenvalue weighted by atomic mass is 19.1. The van der Waals surface area contributed by atoms with Crippen molar-refractivity contribution in [3.8, 4) is 51.6 Å². The van der Waals surface area contributed by atoms with Crippen LogP contribution in [0, 0.1) is 52.2 Å². The van der Waals surface area contributed by atoms with Crippen molar-refractivity contribution in [1.29, 1.82) is 0 Å². The Bertz CT molecular complexity index is 5280. The number of ketones is 1. The van der Waals surface area contributed by atoms with E-state index < -0.39 is 11.6 Å². The van der Waals surface area contributed by atoms with Crippen molar-refractivity contribution in [3.05, 3.63) is 291 Å². The summed E-state index contributed by atoms with van der Waals surface area (Å²) in [5.41, 5.74) is 13.8. The number of ether oxygens (including phenoxy) is 7. The third kappa shape index (κ3) is 22.4. The molecule has 0 aliphatic carbocycles. The highest BCUT2D eigenvalue weighted by Gasteiger charge is 2.37. The Morgan fingerprint density at radius 3 is 1.44 bits per heavy atom. The molecule has 5 atom stereocenters. The molecule has 0 N–H and O–H groups in total. The Kier molecular flexibility index (Phi) is 31.8. The molecule has 0 amide bonds. The molecule has 4 fully saturated rings. The molecule has 4 saturated heterocycles. The van der Waals surface area contributed by atoms with Gasteiger partial charge in [-0.3, -0.25) is 38.4 Å². The van der Waals surface area contributed by atoms with Gasteiger partial charge in [-0.1, -0.05) is 109 Å². The number of Topliss-reactive ketones (excluding diaryl/α,β-unsaturated/α-hetero) is 1. The van der Waals surface area contributed by atoms with Crippen LogP contribution in [-0.4, -0.2) is 143 Å². The van der Waals surface area contributed by atoms with Gasteiger partial charge in [0.15, 0.2) is 31.4 Å². The summed E-state index contributed by atoms with van der Waals surface area (Å²) in [6.45, 7) is 16.8. The third-order valence-electron chi connectivity index (χ3n) is 22.2. The summed E-state index contributed by atoms with van der Waals surface area (Å²) in [4.78, 5) is 81.5. The predicted molar refractivity (Wildman–Crippen MR) is 465 cm³/mol. The second-order valence-electron chi connectivity index (χ2n) is 30.0. The Hall–Kier alpha value is -13.0. The average molecular weight is 1630 g/mol. The Labute approximate surface area is 701 Å². The highest BCUT2D eigenvalue weighted by Crippen LogP contribution is 2.38. The molecule has 2 unspecified atom stereocenters. The van der Waals surface area contributed by atoms with Gasteiger partial charge in [-0.05, 0) is 205 Å². The molecule has 6 heterocycles. The molecule has 4 aliphatic rings. The largest absolute Gasteiger partial charge is 0.495 e. The predicted octanol–water partition coefficient (Wildman–Crippen LogP) is 18.7. The monoisotopic (exact) mass is 1630 g/mol. The molecule has 11 aromatic rings. The van der Waals surface area contributed by atoms with E-state index in [9.17, 15) is 37.5 Å². The van der Waals surface area contributed by atoms with Crippen molar-refractivity contribution in [2.45, 2.75) is 117 Å². The minimum Gasteiger partial charge on any atom is -0.495 e. The molecule has 0 saturated carbocycles. The van der Waals surface area contributed by atoms with Crippen LogP contribution in [-0.2, 0) is 18.4 Å². The first-order valence-electron chi connectivity index (χ1n) is 40.5. The number of carbonyl (C=O) groups is 6. The lowest BCUT2D eigenvalue weighted by Gasteiger charge is -2.35. The maximum absolute atomic E-state index is 14.3. The van der Waals surface area contributed by atoms with E-state index >= 15 is 0 Å². The minimum atomic E-state index is -0.547. The number of aldehydes is 5. The van der Waals surface area contributed by atoms with Crippen LogP contribution in [0.1, 0.15) is 137 Å². The summed E-state index contributed by atoms with van der Waals surface area (Å²) in [5.74, 6) is 3.46. The molecule has 624 valence electrons. The van der Waals surface area contributed by atoms with Gasteiger partial charge in [0.1, 0.15) is 90.2 Å². The molecule has 9 aromatic carbocycles. The fourth-order valence-electron chi connectivity index (χ4n) is 15.6. The van der Waals surface area contributed by atoms with Crippen molar-refractivity contribution in [2.24, 2.45) is 13.0 Å². The summed E-state index contributed by atoms with van der Waals surface area (Å²) in [6, 6.07) is 64.0. The number of anilines is 4. The summed E-state index contributed by atoms with van der Waals surface area (Å²) in [6.07, 6.45) is 14.7. The number of carbonyl (C=O) groups excluding carboxylic acids is 6. The lowest BCUT2D eigenvalue weighted by Crippen LogP contribution is -2.41. The van der Waals surface area contributed by atoms with Crippen molar-refractivity contribution in [2.75, 3.05) is 86.4 Å². The molecule has 0 bridgehead atoms. The fourth-order valence-corrected chi connectivity index (χ4v) is 15.6. The maximum Gasteiger partial charge on any atom is 0.154 e. The smallest absolute Gasteiger partial charge is 0.154 e. The van der Waals surface area contributed by atoms with Gasteiger partial charge in [0.25, 0.3) is 0 Å². The molecule has 4 aliphatic heterocycles. The second-order valence-corrected chi connectivity index (χ2v) is 30.0. The minimum absolute atomic E-state index is 0.00319. The molecule has 15 rings (SSSR count). The van der Waals surface area contributed by atoms with Crippen LogP contribution in [0.4, 0.5) is 31.5 Å². The number of benzene rings is 9. The number of hydrogen-bond acceptors (Lipinski definition) is 19. The fraction of sp³-hybridized carbons (Fsp3) is 0.306. The van der Waals surface area contributed by atoms with E-state index in [-0.39, 0.29) is 42.2 Å². The van der Waals surface area contributed by atoms with E-state index in [1.807, 2.05) is 175 Å². The van der Waals surface area contributed by atoms with E-state index in [1.54, 1.807) is 54.4 Å². The number of methoxy groups -OCH3 is 2. The number of pyridine rings is 1. The van der Waals surface area contributed by atoms with E-state index in [0.29, 0.717) is 95.4 Å². The summed E-state index contributed by atoms with van der Waals surface area (Å²) in [5, 5.41) is 4.18. The zero-order chi connectivity index (χ0) is 85.0. The first-order valence-corrected chi connectivity index (χ1v) is 40.5. The van der Waals surface area contributed by atoms with Crippen LogP contribution in [0.2, 0.25) is 0 Å². The Morgan fingerprint density at radius 2 is 0.917 bits per heavy atom. The normalized spacial score (nSPS) is 16.4. The van der Waals surface area contributed by atoms with E-state index in [1.165, 1.54) is 19.0 Å². The quantitative estimate of drug-likeness (QED) is 0.0438. The van der Waals surface area contributed by atoms with Gasteiger partial charge in [-0.2, -0.15) is 5.10 Å². The first kappa shape index (κ1) is 87.8. The van der Waals surface area contributed by atoms with Crippen LogP contribution in [0.3, 0.4) is 0 Å². The van der Waals surface area contributed by atoms with E-state index in [2.05, 4.69) is 61.2 Å². The van der Waals surface area contributed by atoms with E-state index in [0.717, 1.165) is 176 Å². The number of piperidine rings is 1. The maximum atomic E-state index is 14.3. The number of nitrogens with zero attached hydrogens (tertiary/aromatic N) is 7. The standard InChI is InChI=1S/C21H21F2NO3.2C20H23NO3.C19H21NO2.C18H17N3O2/c1-13-4-3-5-21(18(13)11-25)27-12-17-8-15(14(2)26)10-24(17)20-9-16(22)6-7-19(20)23;1-15-7-5-11-19(17(15)13-22)24-14-16-8-6-12-21(16)18-9-3-4-10-20(18)23-2;1-15-7-5-11-19(17(15)14-22)24-16-8-6-12-21(13-16)18-9-3-4-10-20(18)23-2;1-15-7-5-11-19(18(15)13-21)22-14-17-10-6-12-20(17)16-8-3-2-4-9-16;1-13-5-3-7-17(15(13)11-22)23-12-14-6-4-9-19-18(14)16-8-10-20-21(16)2/h3-7,9,11,15,17H,8,10,12H2,1-2H3;3-5,7,9-11,13,16H,6,8,12,14H2,1-2H3;3-5,7,9-11,14,16H,6,8,12-13H2,1-2H3;2-5,7-9,11,13,17H,6,10,12,14H2,1H3;3-11H,12H2,1-2H3/t15?,17-;16-;;17-;/m00.1./s1. The molecule has 120 heavy (non-hydrogen) atoms. The third-order valence-corrected chi connectivity index (χ3v) is 22.2. The van der Waals surface area contributed by atoms with E-state index in [4.69, 9.17) is 33.2 Å². The van der Waals surface area contributed by atoms with Crippen molar-refractivity contribution in [3.63, 3.8) is 0 Å². The van der Waals surface area contributed by atoms with Crippen LogP contribution >= 0.6 is 0 Å². The van der Waals surface area contributed by atoms with Gasteiger partial charge in [0.05, 0.1) is 95.2 Å². The number of rotatable bonds is 27. The summed E-state index contributed by atoms with van der Waals surface area (Å²) < 4.78 is 70.5. The molecular formula is C98H105F2N7O13. The average Bonchev–Trinajstić information content (AvgIpc) is 1.67. The first-order chi connectivity index (χ1) is 58.4. The SMILES string of the molecule is CC(=O)C1C[C@@H](COc2cccc(C)c2C=O)N(c2cc(F)ccc2F)C1.COc1ccccc1N1CCCC(Oc2cccc(C)c2C=O)C1.COc1ccccc1N1CCC[C@H]1COc1cccc(C)c1C=O.Cc1cccc(OC[C@H]2CCCN2c2ccccc2)c1C=O.Cc1cccc(OCc2cccnc2-c2ccnn2C)c1C=O. The Balaban J connectivity index is 0.000000147. The molecule has 0 spiro atoms. The molecule has 0 radical (unpaired) electrons. The van der Waals surface area contributed by atoms with Gasteiger partial charge in [-0.25, -0.2) is 8.78 Å². The van der Waals surface area contributed by atoms with Crippen LogP contribution in [0.25, 0.3) is 11.4 Å². The van der Waals surface area contributed by atoms with Gasteiger partial charge < -0.3 is 52.8 Å². The number of aromatic nitrogens is 3. The summed E-state index contributed by atoms with van der Waals surface area (Å²) in [7, 11) is 5.27. The van der Waals surface area contributed by atoms with Gasteiger partial charge >= 0.3 is 0 Å². The van der Waals surface area contributed by atoms with Crippen LogP contribution in [0.15, 0.2) is 219 Å². The zero-order valence-electron chi connectivity index (χ0n) is 69.6. The topological polar surface area (TPSA) is 211 Å². The van der Waals surface area contributed by atoms with Crippen molar-refractivity contribution < 1.29 is 70.7 Å². The molecule has 20 nitrogen and oxygen atoms in total. The van der Waals surface area contributed by atoms with Gasteiger partial charge in [0.2, 0.25) is 0 Å². The van der Waals surface area contributed by atoms with Crippen molar-refractivity contribution >= 4 is 60.0 Å².